The normalized spacial score (nSPS) is 10.4. The molecule has 62 valence electrons. The Hall–Kier alpha value is -0.410. The lowest BCUT2D eigenvalue weighted by molar-refractivity contribution is 0.681. The molecule has 1 heterocycles. The smallest absolute Gasteiger partial charge is 0.0897 e. The van der Waals surface area contributed by atoms with Crippen molar-refractivity contribution in [3.05, 3.63) is 16.1 Å². The quantitative estimate of drug-likeness (QED) is 0.699. The molecule has 0 fully saturated rings. The summed E-state index contributed by atoms with van der Waals surface area (Å²) in [7, 11) is 0. The highest BCUT2D eigenvalue weighted by atomic mass is 32.1. The molecule has 1 rings (SSSR count). The number of aryl methyl sites for hydroxylation is 1. The summed E-state index contributed by atoms with van der Waals surface area (Å²) in [4.78, 5) is 5.50. The molecule has 0 spiro atoms. The molecule has 2 nitrogen and oxygen atoms in total. The molecule has 0 atom stereocenters. The fraction of sp³-hybridized carbons (Fsp3) is 0.625. The van der Waals surface area contributed by atoms with Crippen LogP contribution in [-0.4, -0.2) is 11.5 Å². The van der Waals surface area contributed by atoms with E-state index in [2.05, 4.69) is 17.2 Å². The molecule has 0 saturated carbocycles. The minimum Gasteiger partial charge on any atom is -0.312 e. The molecule has 0 aliphatic heterocycles. The number of nitrogens with zero attached hydrogens (tertiary/aromatic N) is 1. The first-order valence-corrected chi connectivity index (χ1v) is 4.76. The van der Waals surface area contributed by atoms with Crippen molar-refractivity contribution >= 4 is 11.3 Å². The third kappa shape index (κ3) is 2.99. The molecule has 0 bridgehead atoms. The molecule has 1 N–H and O–H groups in total. The zero-order chi connectivity index (χ0) is 8.10. The first-order valence-electron chi connectivity index (χ1n) is 3.95. The molecule has 0 aliphatic carbocycles. The highest BCUT2D eigenvalue weighted by Gasteiger charge is 1.95. The highest BCUT2D eigenvalue weighted by Crippen LogP contribution is 2.10. The second kappa shape index (κ2) is 4.46. The molecular weight excluding hydrogens is 156 g/mol. The summed E-state index contributed by atoms with van der Waals surface area (Å²) in [6, 6.07) is 0. The Morgan fingerprint density at radius 1 is 1.64 bits per heavy atom. The zero-order valence-electron chi connectivity index (χ0n) is 7.05. The Morgan fingerprint density at radius 3 is 3.00 bits per heavy atom. The summed E-state index contributed by atoms with van der Waals surface area (Å²) in [5.41, 5.74) is 0. The van der Waals surface area contributed by atoms with Crippen molar-refractivity contribution in [1.82, 2.24) is 10.3 Å². The van der Waals surface area contributed by atoms with Crippen LogP contribution in [0.25, 0.3) is 0 Å². The number of hydrogen-bond acceptors (Lipinski definition) is 3. The van der Waals surface area contributed by atoms with Gasteiger partial charge in [-0.15, -0.1) is 11.3 Å². The van der Waals surface area contributed by atoms with Crippen molar-refractivity contribution < 1.29 is 0 Å². The lowest BCUT2D eigenvalue weighted by atomic mass is 10.4. The van der Waals surface area contributed by atoms with Gasteiger partial charge in [0.05, 0.1) is 5.01 Å². The first-order chi connectivity index (χ1) is 5.33. The summed E-state index contributed by atoms with van der Waals surface area (Å²) >= 11 is 1.76. The van der Waals surface area contributed by atoms with Gasteiger partial charge in [-0.25, -0.2) is 4.98 Å². The van der Waals surface area contributed by atoms with Crippen molar-refractivity contribution in [3.63, 3.8) is 0 Å². The van der Waals surface area contributed by atoms with Crippen LogP contribution in [0.3, 0.4) is 0 Å². The van der Waals surface area contributed by atoms with Gasteiger partial charge in [0.1, 0.15) is 0 Å². The largest absolute Gasteiger partial charge is 0.312 e. The van der Waals surface area contributed by atoms with Gasteiger partial charge in [0.25, 0.3) is 0 Å². The number of nitrogens with one attached hydrogen (secondary N) is 1. The minimum absolute atomic E-state index is 0.972. The Kier molecular flexibility index (Phi) is 3.52. The van der Waals surface area contributed by atoms with Crippen molar-refractivity contribution in [2.75, 3.05) is 6.54 Å². The molecule has 0 aliphatic rings. The van der Waals surface area contributed by atoms with Crippen LogP contribution in [0.5, 0.6) is 0 Å². The van der Waals surface area contributed by atoms with Gasteiger partial charge in [0.15, 0.2) is 0 Å². The zero-order valence-corrected chi connectivity index (χ0v) is 7.87. The van der Waals surface area contributed by atoms with E-state index in [0.717, 1.165) is 18.1 Å². The van der Waals surface area contributed by atoms with Crippen LogP contribution in [0, 0.1) is 6.92 Å². The van der Waals surface area contributed by atoms with E-state index < -0.39 is 0 Å². The number of hydrogen-bond donors (Lipinski definition) is 1. The van der Waals surface area contributed by atoms with Gasteiger partial charge in [-0.2, -0.15) is 0 Å². The van der Waals surface area contributed by atoms with Crippen molar-refractivity contribution in [1.29, 1.82) is 0 Å². The third-order valence-corrected chi connectivity index (χ3v) is 2.31. The molecule has 0 saturated heterocycles. The Morgan fingerprint density at radius 2 is 2.45 bits per heavy atom. The van der Waals surface area contributed by atoms with Crippen LogP contribution in [0.15, 0.2) is 6.20 Å². The summed E-state index contributed by atoms with van der Waals surface area (Å²) < 4.78 is 0. The van der Waals surface area contributed by atoms with Crippen molar-refractivity contribution in [3.8, 4) is 0 Å². The fourth-order valence-electron chi connectivity index (χ4n) is 0.875. The van der Waals surface area contributed by atoms with Crippen LogP contribution in [0.1, 0.15) is 23.2 Å². The van der Waals surface area contributed by atoms with E-state index in [1.165, 1.54) is 11.3 Å². The van der Waals surface area contributed by atoms with Crippen LogP contribution in [0.2, 0.25) is 0 Å². The van der Waals surface area contributed by atoms with Crippen molar-refractivity contribution in [2.24, 2.45) is 0 Å². The Bertz CT molecular complexity index is 208. The number of rotatable bonds is 4. The van der Waals surface area contributed by atoms with E-state index in [1.54, 1.807) is 11.3 Å². The minimum atomic E-state index is 0.972. The summed E-state index contributed by atoms with van der Waals surface area (Å²) in [6.07, 6.45) is 3.14. The second-order valence-corrected chi connectivity index (χ2v) is 3.84. The molecular formula is C8H14N2S. The Balaban J connectivity index is 2.27. The molecule has 3 heteroatoms. The van der Waals surface area contributed by atoms with E-state index in [1.807, 2.05) is 13.1 Å². The maximum absolute atomic E-state index is 4.17. The molecule has 0 aromatic carbocycles. The Labute approximate surface area is 71.7 Å². The third-order valence-electron chi connectivity index (χ3n) is 1.40. The standard InChI is InChI=1S/C8H14N2S/c1-3-4-9-5-8-6-10-7(2)11-8/h6,9H,3-5H2,1-2H3. The molecule has 11 heavy (non-hydrogen) atoms. The summed E-state index contributed by atoms with van der Waals surface area (Å²) in [5, 5.41) is 4.49. The molecule has 1 aromatic heterocycles. The lowest BCUT2D eigenvalue weighted by Gasteiger charge is -1.97. The maximum Gasteiger partial charge on any atom is 0.0897 e. The van der Waals surface area contributed by atoms with Gasteiger partial charge < -0.3 is 5.32 Å². The van der Waals surface area contributed by atoms with Gasteiger partial charge in [0.2, 0.25) is 0 Å². The van der Waals surface area contributed by atoms with Gasteiger partial charge in [0, 0.05) is 17.6 Å². The first kappa shape index (κ1) is 8.68. The van der Waals surface area contributed by atoms with E-state index in [-0.39, 0.29) is 0 Å². The molecule has 0 unspecified atom stereocenters. The van der Waals surface area contributed by atoms with E-state index in [9.17, 15) is 0 Å². The van der Waals surface area contributed by atoms with Gasteiger partial charge in [-0.1, -0.05) is 6.92 Å². The lowest BCUT2D eigenvalue weighted by Crippen LogP contribution is -2.12. The molecule has 0 amide bonds. The van der Waals surface area contributed by atoms with E-state index in [0.29, 0.717) is 0 Å². The summed E-state index contributed by atoms with van der Waals surface area (Å²) in [5.74, 6) is 0. The van der Waals surface area contributed by atoms with Gasteiger partial charge in [-0.05, 0) is 19.9 Å². The van der Waals surface area contributed by atoms with Crippen LogP contribution in [0.4, 0.5) is 0 Å². The average Bonchev–Trinajstić information content (AvgIpc) is 2.37. The van der Waals surface area contributed by atoms with Gasteiger partial charge in [-0.3, -0.25) is 0 Å². The number of aromatic nitrogens is 1. The molecule has 1 aromatic rings. The monoisotopic (exact) mass is 170 g/mol. The van der Waals surface area contributed by atoms with Crippen LogP contribution in [-0.2, 0) is 6.54 Å². The van der Waals surface area contributed by atoms with E-state index in [4.69, 9.17) is 0 Å². The topological polar surface area (TPSA) is 24.9 Å². The maximum atomic E-state index is 4.17. The van der Waals surface area contributed by atoms with Gasteiger partial charge >= 0.3 is 0 Å². The van der Waals surface area contributed by atoms with Crippen LogP contribution >= 0.6 is 11.3 Å². The average molecular weight is 170 g/mol. The van der Waals surface area contributed by atoms with Crippen LogP contribution < -0.4 is 5.32 Å². The highest BCUT2D eigenvalue weighted by molar-refractivity contribution is 7.11. The van der Waals surface area contributed by atoms with Crippen molar-refractivity contribution in [2.45, 2.75) is 26.8 Å². The summed E-state index contributed by atoms with van der Waals surface area (Å²) in [6.45, 7) is 6.27. The predicted molar refractivity (Wildman–Crippen MR) is 48.8 cm³/mol. The van der Waals surface area contributed by atoms with E-state index >= 15 is 0 Å². The molecule has 0 radical (unpaired) electrons. The number of thiazole rings is 1. The fourth-order valence-corrected chi connectivity index (χ4v) is 1.64. The predicted octanol–water partition coefficient (Wildman–Crippen LogP) is 1.95. The second-order valence-electron chi connectivity index (χ2n) is 2.52. The SMILES string of the molecule is CCCNCc1cnc(C)s1.